The number of carboxylic acid groups (broad SMARTS) is 1. The highest BCUT2D eigenvalue weighted by molar-refractivity contribution is 6.14. The second-order valence-electron chi connectivity index (χ2n) is 4.81. The minimum atomic E-state index is -1.35. The summed E-state index contributed by atoms with van der Waals surface area (Å²) in [5.74, 6) is -1.40. The van der Waals surface area contributed by atoms with Crippen molar-refractivity contribution < 1.29 is 28.6 Å². The molecule has 0 aromatic heterocycles. The normalized spacial score (nSPS) is 14.5. The average Bonchev–Trinajstić information content (AvgIpc) is 2.83. The molecule has 1 aliphatic heterocycles. The lowest BCUT2D eigenvalue weighted by molar-refractivity contribution is -0.307. The number of carbonyl (C=O) groups excluding carboxylic acids is 2. The number of ether oxygens (including phenoxy) is 2. The Morgan fingerprint density at radius 3 is 2.65 bits per heavy atom. The van der Waals surface area contributed by atoms with Gasteiger partial charge in [-0.3, -0.25) is 4.79 Å². The molecule has 0 spiro atoms. The standard InChI is InChI=1S/C17H11FO5/c18-11-3-1-10(2-4-11)7-15-17(21)13-6-5-12(8-14(13)23-15)22-9-16(19)20/h1-8H,9H2,(H,19,20)/p-1/b15-7+. The molecule has 0 atom stereocenters. The van der Waals surface area contributed by atoms with Crippen LogP contribution in [0.2, 0.25) is 0 Å². The van der Waals surface area contributed by atoms with Gasteiger partial charge in [0, 0.05) is 6.07 Å². The zero-order valence-electron chi connectivity index (χ0n) is 11.7. The van der Waals surface area contributed by atoms with Crippen molar-refractivity contribution in [3.05, 3.63) is 65.2 Å². The molecule has 0 aliphatic carbocycles. The van der Waals surface area contributed by atoms with E-state index in [0.29, 0.717) is 11.1 Å². The first kappa shape index (κ1) is 14.8. The molecule has 3 rings (SSSR count). The minimum Gasteiger partial charge on any atom is -0.546 e. The minimum absolute atomic E-state index is 0.101. The van der Waals surface area contributed by atoms with E-state index in [4.69, 9.17) is 9.47 Å². The summed E-state index contributed by atoms with van der Waals surface area (Å²) < 4.78 is 23.3. The van der Waals surface area contributed by atoms with Crippen molar-refractivity contribution >= 4 is 17.8 Å². The van der Waals surface area contributed by atoms with Crippen molar-refractivity contribution in [1.82, 2.24) is 0 Å². The van der Waals surface area contributed by atoms with Gasteiger partial charge >= 0.3 is 0 Å². The molecular weight excluding hydrogens is 303 g/mol. The number of rotatable bonds is 4. The van der Waals surface area contributed by atoms with Crippen molar-refractivity contribution in [2.45, 2.75) is 0 Å². The third-order valence-corrected chi connectivity index (χ3v) is 3.17. The fraction of sp³-hybridized carbons (Fsp3) is 0.0588. The highest BCUT2D eigenvalue weighted by Gasteiger charge is 2.27. The topological polar surface area (TPSA) is 75.7 Å². The van der Waals surface area contributed by atoms with Crippen molar-refractivity contribution in [1.29, 1.82) is 0 Å². The predicted octanol–water partition coefficient (Wildman–Crippen LogP) is 1.57. The van der Waals surface area contributed by atoms with Gasteiger partial charge in [0.25, 0.3) is 0 Å². The van der Waals surface area contributed by atoms with E-state index < -0.39 is 12.6 Å². The maximum Gasteiger partial charge on any atom is 0.231 e. The van der Waals surface area contributed by atoms with Gasteiger partial charge in [-0.25, -0.2) is 4.39 Å². The summed E-state index contributed by atoms with van der Waals surface area (Å²) in [4.78, 5) is 22.6. The molecule has 0 bridgehead atoms. The fourth-order valence-electron chi connectivity index (χ4n) is 2.11. The molecule has 0 unspecified atom stereocenters. The van der Waals surface area contributed by atoms with Crippen LogP contribution in [-0.4, -0.2) is 18.4 Å². The predicted molar refractivity (Wildman–Crippen MR) is 76.3 cm³/mol. The van der Waals surface area contributed by atoms with Crippen molar-refractivity contribution in [2.75, 3.05) is 6.61 Å². The molecule has 0 amide bonds. The number of hydrogen-bond acceptors (Lipinski definition) is 5. The molecule has 0 fully saturated rings. The number of Topliss-reactive ketones (excluding diaryl/α,β-unsaturated/α-hetero) is 1. The molecule has 6 heteroatoms. The van der Waals surface area contributed by atoms with E-state index in [9.17, 15) is 19.1 Å². The summed E-state index contributed by atoms with van der Waals surface area (Å²) in [6.45, 7) is -0.592. The van der Waals surface area contributed by atoms with Crippen molar-refractivity contribution in [2.24, 2.45) is 0 Å². The number of carboxylic acids is 1. The van der Waals surface area contributed by atoms with Crippen molar-refractivity contribution in [3.63, 3.8) is 0 Å². The molecule has 0 saturated carbocycles. The van der Waals surface area contributed by atoms with Gasteiger partial charge in [0.2, 0.25) is 5.78 Å². The summed E-state index contributed by atoms with van der Waals surface area (Å²) in [7, 11) is 0. The second kappa shape index (κ2) is 5.92. The number of halogens is 1. The summed E-state index contributed by atoms with van der Waals surface area (Å²) in [5, 5.41) is 10.4. The third kappa shape index (κ3) is 3.21. The summed E-state index contributed by atoms with van der Waals surface area (Å²) in [6, 6.07) is 10.0. The number of aliphatic carboxylic acids is 1. The van der Waals surface area contributed by atoms with Crippen LogP contribution in [0, 0.1) is 5.82 Å². The summed E-state index contributed by atoms with van der Waals surface area (Å²) in [5.41, 5.74) is 0.968. The number of hydrogen-bond donors (Lipinski definition) is 0. The van der Waals surface area contributed by atoms with Crippen LogP contribution in [-0.2, 0) is 4.79 Å². The van der Waals surface area contributed by atoms with Gasteiger partial charge in [-0.15, -0.1) is 0 Å². The molecule has 0 saturated heterocycles. The fourth-order valence-corrected chi connectivity index (χ4v) is 2.11. The zero-order valence-corrected chi connectivity index (χ0v) is 11.7. The molecule has 0 radical (unpaired) electrons. The second-order valence-corrected chi connectivity index (χ2v) is 4.81. The Morgan fingerprint density at radius 2 is 1.96 bits per heavy atom. The van der Waals surface area contributed by atoms with Gasteiger partial charge in [-0.2, -0.15) is 0 Å². The van der Waals surface area contributed by atoms with Crippen LogP contribution in [0.5, 0.6) is 11.5 Å². The lowest BCUT2D eigenvalue weighted by Crippen LogP contribution is -2.28. The van der Waals surface area contributed by atoms with Crippen LogP contribution in [0.4, 0.5) is 4.39 Å². The maximum absolute atomic E-state index is 12.9. The first-order valence-electron chi connectivity index (χ1n) is 6.69. The largest absolute Gasteiger partial charge is 0.546 e. The summed E-state index contributed by atoms with van der Waals surface area (Å²) >= 11 is 0. The SMILES string of the molecule is O=C([O-])COc1ccc2c(c1)O/C(=C/c1ccc(F)cc1)C2=O. The quantitative estimate of drug-likeness (QED) is 0.801. The molecule has 0 N–H and O–H groups in total. The molecular formula is C17H10FO5-. The number of ketones is 1. The van der Waals surface area contributed by atoms with E-state index >= 15 is 0 Å². The summed E-state index contributed by atoms with van der Waals surface area (Å²) in [6.07, 6.45) is 1.50. The average molecular weight is 313 g/mol. The van der Waals surface area contributed by atoms with Crippen molar-refractivity contribution in [3.8, 4) is 11.5 Å². The zero-order chi connectivity index (χ0) is 16.4. The van der Waals surface area contributed by atoms with Crippen LogP contribution in [0.15, 0.2) is 48.2 Å². The molecule has 2 aromatic carbocycles. The number of carbonyl (C=O) groups is 2. The molecule has 116 valence electrons. The van der Waals surface area contributed by atoms with Gasteiger partial charge in [-0.05, 0) is 35.9 Å². The Morgan fingerprint density at radius 1 is 1.22 bits per heavy atom. The monoisotopic (exact) mass is 313 g/mol. The Hall–Kier alpha value is -3.15. The highest BCUT2D eigenvalue weighted by Crippen LogP contribution is 2.34. The molecule has 5 nitrogen and oxygen atoms in total. The van der Waals surface area contributed by atoms with Crippen LogP contribution >= 0.6 is 0 Å². The number of benzene rings is 2. The molecule has 2 aromatic rings. The van der Waals surface area contributed by atoms with E-state index in [1.54, 1.807) is 0 Å². The van der Waals surface area contributed by atoms with Gasteiger partial charge in [0.1, 0.15) is 23.9 Å². The van der Waals surface area contributed by atoms with Crippen LogP contribution in [0.3, 0.4) is 0 Å². The molecule has 1 heterocycles. The van der Waals surface area contributed by atoms with E-state index in [0.717, 1.165) is 0 Å². The van der Waals surface area contributed by atoms with Gasteiger partial charge in [-0.1, -0.05) is 12.1 Å². The Bertz CT molecular complexity index is 808. The lowest BCUT2D eigenvalue weighted by Gasteiger charge is -2.07. The highest BCUT2D eigenvalue weighted by atomic mass is 19.1. The van der Waals surface area contributed by atoms with Gasteiger partial charge in [0.15, 0.2) is 5.76 Å². The molecule has 1 aliphatic rings. The number of allylic oxidation sites excluding steroid dienone is 1. The van der Waals surface area contributed by atoms with E-state index in [1.807, 2.05) is 0 Å². The third-order valence-electron chi connectivity index (χ3n) is 3.17. The number of fused-ring (bicyclic) bond motifs is 1. The maximum atomic E-state index is 12.9. The Labute approximate surface area is 130 Å². The van der Waals surface area contributed by atoms with Crippen LogP contribution in [0.25, 0.3) is 6.08 Å². The van der Waals surface area contributed by atoms with E-state index in [2.05, 4.69) is 0 Å². The smallest absolute Gasteiger partial charge is 0.231 e. The van der Waals surface area contributed by atoms with Crippen LogP contribution in [0.1, 0.15) is 15.9 Å². The first-order valence-corrected chi connectivity index (χ1v) is 6.69. The first-order chi connectivity index (χ1) is 11.0. The van der Waals surface area contributed by atoms with E-state index in [-0.39, 0.29) is 28.9 Å². The van der Waals surface area contributed by atoms with Gasteiger partial charge < -0.3 is 19.4 Å². The van der Waals surface area contributed by atoms with Gasteiger partial charge in [0.05, 0.1) is 11.5 Å². The Kier molecular flexibility index (Phi) is 3.80. The van der Waals surface area contributed by atoms with E-state index in [1.165, 1.54) is 48.5 Å². The van der Waals surface area contributed by atoms with Crippen LogP contribution < -0.4 is 14.6 Å². The lowest BCUT2D eigenvalue weighted by atomic mass is 10.1. The Balaban J connectivity index is 1.83. The molecule has 23 heavy (non-hydrogen) atoms.